The minimum absolute atomic E-state index is 0.154. The highest BCUT2D eigenvalue weighted by molar-refractivity contribution is 5.82. The Labute approximate surface area is 116 Å². The molecule has 0 saturated heterocycles. The number of alkyl halides is 3. The van der Waals surface area contributed by atoms with Crippen LogP contribution in [0.4, 0.5) is 13.2 Å². The zero-order valence-corrected chi connectivity index (χ0v) is 11.7. The lowest BCUT2D eigenvalue weighted by Gasteiger charge is -2.25. The molecule has 6 heteroatoms. The Balaban J connectivity index is 2.61. The van der Waals surface area contributed by atoms with Crippen LogP contribution in [0.25, 0.3) is 0 Å². The Morgan fingerprint density at radius 1 is 1.20 bits per heavy atom. The predicted molar refractivity (Wildman–Crippen MR) is 70.7 cm³/mol. The highest BCUT2D eigenvalue weighted by Gasteiger charge is 2.30. The highest BCUT2D eigenvalue weighted by atomic mass is 19.4. The van der Waals surface area contributed by atoms with E-state index in [9.17, 15) is 18.0 Å². The van der Waals surface area contributed by atoms with Gasteiger partial charge >= 0.3 is 6.18 Å². The Bertz CT molecular complexity index is 461. The molecule has 1 aromatic carbocycles. The topological polar surface area (TPSA) is 55.1 Å². The standard InChI is InChI=1S/C14H19F3N2O/c1-13(2,3)11(18)12(20)19-8-9-4-6-10(7-5-9)14(15,16)17/h4-7,11H,8,18H2,1-3H3,(H,19,20)/t11-/m0/s1. The third kappa shape index (κ3) is 4.52. The molecule has 20 heavy (non-hydrogen) atoms. The van der Waals surface area contributed by atoms with E-state index in [0.29, 0.717) is 5.56 Å². The summed E-state index contributed by atoms with van der Waals surface area (Å²) in [6.07, 6.45) is -4.35. The Morgan fingerprint density at radius 3 is 2.10 bits per heavy atom. The van der Waals surface area contributed by atoms with E-state index in [0.717, 1.165) is 12.1 Å². The second kappa shape index (κ2) is 5.83. The van der Waals surface area contributed by atoms with Crippen LogP contribution in [0.2, 0.25) is 0 Å². The molecule has 0 spiro atoms. The van der Waals surface area contributed by atoms with Crippen molar-refractivity contribution in [3.63, 3.8) is 0 Å². The number of hydrogen-bond donors (Lipinski definition) is 2. The van der Waals surface area contributed by atoms with Gasteiger partial charge in [0, 0.05) is 6.54 Å². The summed E-state index contributed by atoms with van der Waals surface area (Å²) in [5.41, 5.74) is 5.29. The van der Waals surface area contributed by atoms with E-state index in [1.807, 2.05) is 20.8 Å². The van der Waals surface area contributed by atoms with Gasteiger partial charge in [-0.15, -0.1) is 0 Å². The summed E-state index contributed by atoms with van der Waals surface area (Å²) in [7, 11) is 0. The summed E-state index contributed by atoms with van der Waals surface area (Å²) in [5, 5.41) is 2.62. The number of carbonyl (C=O) groups excluding carboxylic acids is 1. The molecule has 3 N–H and O–H groups in total. The van der Waals surface area contributed by atoms with Gasteiger partial charge in [-0.05, 0) is 23.1 Å². The van der Waals surface area contributed by atoms with Gasteiger partial charge in [0.2, 0.25) is 5.91 Å². The summed E-state index contributed by atoms with van der Waals surface area (Å²) in [6, 6.07) is 3.99. The van der Waals surface area contributed by atoms with E-state index in [1.54, 1.807) is 0 Å². The SMILES string of the molecule is CC(C)(C)[C@@H](N)C(=O)NCc1ccc(C(F)(F)F)cc1. The van der Waals surface area contributed by atoms with Crippen LogP contribution >= 0.6 is 0 Å². The van der Waals surface area contributed by atoms with Crippen molar-refractivity contribution in [1.29, 1.82) is 0 Å². The molecule has 0 aromatic heterocycles. The normalized spacial score (nSPS) is 13.9. The number of hydrogen-bond acceptors (Lipinski definition) is 2. The molecule has 0 aliphatic heterocycles. The van der Waals surface area contributed by atoms with E-state index in [2.05, 4.69) is 5.32 Å². The largest absolute Gasteiger partial charge is 0.416 e. The fourth-order valence-electron chi connectivity index (χ4n) is 1.50. The van der Waals surface area contributed by atoms with Crippen LogP contribution in [-0.2, 0) is 17.5 Å². The number of nitrogens with two attached hydrogens (primary N) is 1. The number of nitrogens with one attached hydrogen (secondary N) is 1. The third-order valence-electron chi connectivity index (χ3n) is 2.96. The van der Waals surface area contributed by atoms with Crippen LogP contribution < -0.4 is 11.1 Å². The average Bonchev–Trinajstić information content (AvgIpc) is 2.33. The molecule has 112 valence electrons. The minimum atomic E-state index is -4.35. The number of carbonyl (C=O) groups is 1. The molecule has 0 heterocycles. The summed E-state index contributed by atoms with van der Waals surface area (Å²) in [4.78, 5) is 11.8. The van der Waals surface area contributed by atoms with Crippen molar-refractivity contribution >= 4 is 5.91 Å². The number of rotatable bonds is 3. The van der Waals surface area contributed by atoms with Gasteiger partial charge in [0.25, 0.3) is 0 Å². The molecule has 1 rings (SSSR count). The molecule has 0 unspecified atom stereocenters. The first-order valence-electron chi connectivity index (χ1n) is 6.21. The molecule has 0 radical (unpaired) electrons. The molecule has 1 aromatic rings. The van der Waals surface area contributed by atoms with Crippen molar-refractivity contribution in [2.45, 2.75) is 39.5 Å². The van der Waals surface area contributed by atoms with Crippen molar-refractivity contribution in [2.75, 3.05) is 0 Å². The van der Waals surface area contributed by atoms with Crippen LogP contribution in [0.1, 0.15) is 31.9 Å². The molecule has 0 fully saturated rings. The van der Waals surface area contributed by atoms with Crippen molar-refractivity contribution < 1.29 is 18.0 Å². The predicted octanol–water partition coefficient (Wildman–Crippen LogP) is 2.70. The van der Waals surface area contributed by atoms with Crippen LogP contribution in [0.15, 0.2) is 24.3 Å². The first-order chi connectivity index (χ1) is 9.01. The van der Waals surface area contributed by atoms with Gasteiger partial charge in [-0.2, -0.15) is 13.2 Å². The monoisotopic (exact) mass is 288 g/mol. The Morgan fingerprint density at radius 2 is 1.70 bits per heavy atom. The van der Waals surface area contributed by atoms with E-state index in [4.69, 9.17) is 5.73 Å². The number of amides is 1. The van der Waals surface area contributed by atoms with Gasteiger partial charge in [0.1, 0.15) is 0 Å². The zero-order valence-electron chi connectivity index (χ0n) is 11.7. The molecule has 1 amide bonds. The van der Waals surface area contributed by atoms with Crippen LogP contribution in [0.3, 0.4) is 0 Å². The lowest BCUT2D eigenvalue weighted by molar-refractivity contribution is -0.137. The van der Waals surface area contributed by atoms with Crippen LogP contribution in [0, 0.1) is 5.41 Å². The fourth-order valence-corrected chi connectivity index (χ4v) is 1.50. The van der Waals surface area contributed by atoms with Crippen LogP contribution in [-0.4, -0.2) is 11.9 Å². The van der Waals surface area contributed by atoms with Gasteiger partial charge < -0.3 is 11.1 Å². The molecular weight excluding hydrogens is 269 g/mol. The molecular formula is C14H19F3N2O. The average molecular weight is 288 g/mol. The molecule has 0 saturated carbocycles. The summed E-state index contributed by atoms with van der Waals surface area (Å²) in [5.74, 6) is -0.322. The zero-order chi connectivity index (χ0) is 15.6. The smallest absolute Gasteiger partial charge is 0.351 e. The van der Waals surface area contributed by atoms with E-state index in [1.165, 1.54) is 12.1 Å². The van der Waals surface area contributed by atoms with Crippen molar-refractivity contribution in [3.05, 3.63) is 35.4 Å². The lowest BCUT2D eigenvalue weighted by atomic mass is 9.87. The Kier molecular flexibility index (Phi) is 4.81. The molecule has 0 aliphatic rings. The second-order valence-corrected chi connectivity index (χ2v) is 5.76. The van der Waals surface area contributed by atoms with Crippen LogP contribution in [0.5, 0.6) is 0 Å². The van der Waals surface area contributed by atoms with E-state index >= 15 is 0 Å². The van der Waals surface area contributed by atoms with Crippen molar-refractivity contribution in [3.8, 4) is 0 Å². The molecule has 0 bridgehead atoms. The molecule has 3 nitrogen and oxygen atoms in total. The first kappa shape index (κ1) is 16.5. The number of benzene rings is 1. The summed E-state index contributed by atoms with van der Waals surface area (Å²) < 4.78 is 37.2. The van der Waals surface area contributed by atoms with Gasteiger partial charge in [0.05, 0.1) is 11.6 Å². The fraction of sp³-hybridized carbons (Fsp3) is 0.500. The maximum atomic E-state index is 12.4. The van der Waals surface area contributed by atoms with Gasteiger partial charge in [-0.3, -0.25) is 4.79 Å². The Hall–Kier alpha value is -1.56. The quantitative estimate of drug-likeness (QED) is 0.898. The van der Waals surface area contributed by atoms with Gasteiger partial charge in [0.15, 0.2) is 0 Å². The third-order valence-corrected chi connectivity index (χ3v) is 2.96. The summed E-state index contributed by atoms with van der Waals surface area (Å²) in [6.45, 7) is 5.68. The molecule has 0 aliphatic carbocycles. The van der Waals surface area contributed by atoms with E-state index < -0.39 is 17.8 Å². The maximum Gasteiger partial charge on any atom is 0.416 e. The van der Waals surface area contributed by atoms with E-state index in [-0.39, 0.29) is 17.9 Å². The van der Waals surface area contributed by atoms with Gasteiger partial charge in [-0.25, -0.2) is 0 Å². The summed E-state index contributed by atoms with van der Waals surface area (Å²) >= 11 is 0. The van der Waals surface area contributed by atoms with Gasteiger partial charge in [-0.1, -0.05) is 32.9 Å². The first-order valence-corrected chi connectivity index (χ1v) is 6.21. The minimum Gasteiger partial charge on any atom is -0.351 e. The molecule has 1 atom stereocenters. The second-order valence-electron chi connectivity index (χ2n) is 5.76. The highest BCUT2D eigenvalue weighted by Crippen LogP contribution is 2.29. The van der Waals surface area contributed by atoms with Crippen molar-refractivity contribution in [1.82, 2.24) is 5.32 Å². The maximum absolute atomic E-state index is 12.4. The van der Waals surface area contributed by atoms with Crippen molar-refractivity contribution in [2.24, 2.45) is 11.1 Å². The lowest BCUT2D eigenvalue weighted by Crippen LogP contribution is -2.48. The number of halogens is 3.